The highest BCUT2D eigenvalue weighted by molar-refractivity contribution is 5.66. The average Bonchev–Trinajstić information content (AvgIpc) is 3.20. The molecule has 30 heavy (non-hydrogen) atoms. The summed E-state index contributed by atoms with van der Waals surface area (Å²) in [5, 5.41) is 22.1. The number of aromatic nitrogens is 6. The van der Waals surface area contributed by atoms with Crippen LogP contribution in [0, 0.1) is 13.8 Å². The summed E-state index contributed by atoms with van der Waals surface area (Å²) in [6, 6.07) is 13.2. The van der Waals surface area contributed by atoms with Crippen molar-refractivity contribution in [1.29, 1.82) is 0 Å². The monoisotopic (exact) mass is 406 g/mol. The minimum Gasteiger partial charge on any atom is -0.493 e. The molecule has 0 amide bonds. The van der Waals surface area contributed by atoms with Crippen LogP contribution in [-0.4, -0.2) is 34.7 Å². The van der Waals surface area contributed by atoms with Crippen LogP contribution in [0.3, 0.4) is 0 Å². The molecule has 0 aliphatic heterocycles. The fourth-order valence-corrected chi connectivity index (χ4v) is 3.31. The standard InChI is InChI=1S/C21H22N6O3/c1-13-11-15(19-14(2)20(28)25(3)22-19)9-10-18(13)30-12-16-7-5-6-8-17(16)27-21(29)26(4)23-24-27/h5-11,28H,12H2,1-4H3. The SMILES string of the molecule is Cc1cc(-c2nn(C)c(O)c2C)ccc1OCc1ccccc1-n1nnn(C)c1=O. The van der Waals surface area contributed by atoms with Crippen molar-refractivity contribution in [3.63, 3.8) is 0 Å². The number of ether oxygens (including phenoxy) is 1. The highest BCUT2D eigenvalue weighted by atomic mass is 16.5. The first-order valence-corrected chi connectivity index (χ1v) is 9.40. The maximum absolute atomic E-state index is 12.2. The van der Waals surface area contributed by atoms with Gasteiger partial charge in [0.1, 0.15) is 12.4 Å². The molecule has 4 aromatic rings. The number of rotatable bonds is 5. The Labute approximate surface area is 172 Å². The molecule has 2 heterocycles. The highest BCUT2D eigenvalue weighted by Crippen LogP contribution is 2.31. The van der Waals surface area contributed by atoms with Crippen molar-refractivity contribution in [2.24, 2.45) is 14.1 Å². The van der Waals surface area contributed by atoms with Crippen LogP contribution < -0.4 is 10.4 Å². The van der Waals surface area contributed by atoms with E-state index in [9.17, 15) is 9.90 Å². The second-order valence-electron chi connectivity index (χ2n) is 7.12. The lowest BCUT2D eigenvalue weighted by Crippen LogP contribution is -2.23. The molecule has 2 aromatic heterocycles. The lowest BCUT2D eigenvalue weighted by atomic mass is 10.1. The zero-order chi connectivity index (χ0) is 21.4. The molecule has 0 atom stereocenters. The molecule has 0 radical (unpaired) electrons. The van der Waals surface area contributed by atoms with Gasteiger partial charge in [0, 0.05) is 30.8 Å². The zero-order valence-electron chi connectivity index (χ0n) is 17.2. The number of tetrazole rings is 1. The smallest absolute Gasteiger partial charge is 0.368 e. The molecule has 0 bridgehead atoms. The normalized spacial score (nSPS) is 11.1. The Balaban J connectivity index is 1.59. The molecular formula is C21H22N6O3. The fourth-order valence-electron chi connectivity index (χ4n) is 3.31. The minimum absolute atomic E-state index is 0.152. The van der Waals surface area contributed by atoms with Gasteiger partial charge in [0.25, 0.3) is 0 Å². The zero-order valence-corrected chi connectivity index (χ0v) is 17.2. The van der Waals surface area contributed by atoms with Crippen molar-refractivity contribution in [2.75, 3.05) is 0 Å². The third-order valence-electron chi connectivity index (χ3n) is 5.02. The summed E-state index contributed by atoms with van der Waals surface area (Å²) < 4.78 is 9.92. The summed E-state index contributed by atoms with van der Waals surface area (Å²) in [6.07, 6.45) is 0. The Kier molecular flexibility index (Phi) is 4.86. The average molecular weight is 406 g/mol. The number of aryl methyl sites for hydroxylation is 3. The van der Waals surface area contributed by atoms with Gasteiger partial charge < -0.3 is 9.84 Å². The number of nitrogens with zero attached hydrogens (tertiary/aromatic N) is 6. The van der Waals surface area contributed by atoms with Crippen molar-refractivity contribution in [3.8, 4) is 28.6 Å². The Hall–Kier alpha value is -3.88. The molecular weight excluding hydrogens is 384 g/mol. The second-order valence-corrected chi connectivity index (χ2v) is 7.12. The molecule has 0 saturated carbocycles. The Morgan fingerprint density at radius 2 is 1.80 bits per heavy atom. The van der Waals surface area contributed by atoms with E-state index in [2.05, 4.69) is 15.5 Å². The van der Waals surface area contributed by atoms with E-state index in [-0.39, 0.29) is 18.2 Å². The first-order chi connectivity index (χ1) is 14.4. The van der Waals surface area contributed by atoms with E-state index in [1.807, 2.05) is 50.2 Å². The van der Waals surface area contributed by atoms with Crippen molar-refractivity contribution < 1.29 is 9.84 Å². The van der Waals surface area contributed by atoms with Crippen LogP contribution in [0.2, 0.25) is 0 Å². The first kappa shape index (κ1) is 19.4. The van der Waals surface area contributed by atoms with E-state index in [0.717, 1.165) is 33.7 Å². The summed E-state index contributed by atoms with van der Waals surface area (Å²) >= 11 is 0. The van der Waals surface area contributed by atoms with Gasteiger partial charge >= 0.3 is 5.69 Å². The number of hydrogen-bond donors (Lipinski definition) is 1. The Bertz CT molecular complexity index is 1280. The largest absolute Gasteiger partial charge is 0.493 e. The summed E-state index contributed by atoms with van der Waals surface area (Å²) in [7, 11) is 3.26. The number of aromatic hydroxyl groups is 1. The highest BCUT2D eigenvalue weighted by Gasteiger charge is 2.15. The number of hydrogen-bond acceptors (Lipinski definition) is 6. The van der Waals surface area contributed by atoms with Crippen molar-refractivity contribution in [1.82, 2.24) is 29.6 Å². The van der Waals surface area contributed by atoms with Crippen LogP contribution >= 0.6 is 0 Å². The molecule has 0 spiro atoms. The maximum Gasteiger partial charge on any atom is 0.368 e. The minimum atomic E-state index is -0.322. The van der Waals surface area contributed by atoms with E-state index in [1.165, 1.54) is 14.0 Å². The molecule has 9 nitrogen and oxygen atoms in total. The topological polar surface area (TPSA) is 100.0 Å². The second kappa shape index (κ2) is 7.51. The molecule has 154 valence electrons. The number of para-hydroxylation sites is 1. The van der Waals surface area contributed by atoms with Gasteiger partial charge in [-0.3, -0.25) is 0 Å². The van der Waals surface area contributed by atoms with Gasteiger partial charge in [-0.1, -0.05) is 18.2 Å². The molecule has 4 rings (SSSR count). The first-order valence-electron chi connectivity index (χ1n) is 9.40. The van der Waals surface area contributed by atoms with Gasteiger partial charge in [0.05, 0.1) is 11.4 Å². The lowest BCUT2D eigenvalue weighted by molar-refractivity contribution is 0.303. The van der Waals surface area contributed by atoms with E-state index < -0.39 is 0 Å². The predicted octanol–water partition coefficient (Wildman–Crippen LogP) is 2.27. The molecule has 0 aliphatic carbocycles. The van der Waals surface area contributed by atoms with Crippen LogP contribution in [0.5, 0.6) is 11.6 Å². The van der Waals surface area contributed by atoms with Crippen LogP contribution in [0.4, 0.5) is 0 Å². The fraction of sp³-hybridized carbons (Fsp3) is 0.238. The molecule has 9 heteroatoms. The van der Waals surface area contributed by atoms with E-state index in [0.29, 0.717) is 5.69 Å². The third-order valence-corrected chi connectivity index (χ3v) is 5.02. The van der Waals surface area contributed by atoms with Crippen molar-refractivity contribution >= 4 is 0 Å². The summed E-state index contributed by atoms with van der Waals surface area (Å²) in [5.74, 6) is 0.872. The van der Waals surface area contributed by atoms with E-state index in [1.54, 1.807) is 20.2 Å². The van der Waals surface area contributed by atoms with E-state index in [4.69, 9.17) is 4.74 Å². The quantitative estimate of drug-likeness (QED) is 0.546. The molecule has 0 unspecified atom stereocenters. The molecule has 0 saturated heterocycles. The lowest BCUT2D eigenvalue weighted by Gasteiger charge is -2.12. The van der Waals surface area contributed by atoms with Gasteiger partial charge in [-0.2, -0.15) is 14.5 Å². The Morgan fingerprint density at radius 3 is 2.43 bits per heavy atom. The van der Waals surface area contributed by atoms with E-state index >= 15 is 0 Å². The van der Waals surface area contributed by atoms with Gasteiger partial charge in [-0.05, 0) is 54.1 Å². The van der Waals surface area contributed by atoms with Gasteiger partial charge in [0.15, 0.2) is 0 Å². The number of benzene rings is 2. The van der Waals surface area contributed by atoms with Crippen LogP contribution in [0.15, 0.2) is 47.3 Å². The van der Waals surface area contributed by atoms with Gasteiger partial charge in [-0.25, -0.2) is 9.48 Å². The molecule has 1 N–H and O–H groups in total. The van der Waals surface area contributed by atoms with Gasteiger partial charge in [0.2, 0.25) is 5.88 Å². The summed E-state index contributed by atoms with van der Waals surface area (Å²) in [5.41, 5.74) is 4.42. The van der Waals surface area contributed by atoms with Crippen LogP contribution in [0.25, 0.3) is 16.9 Å². The molecule has 0 aliphatic rings. The van der Waals surface area contributed by atoms with Crippen LogP contribution in [0.1, 0.15) is 16.7 Å². The summed E-state index contributed by atoms with van der Waals surface area (Å²) in [6.45, 7) is 4.06. The van der Waals surface area contributed by atoms with Crippen LogP contribution in [-0.2, 0) is 20.7 Å². The van der Waals surface area contributed by atoms with Crippen molar-refractivity contribution in [2.45, 2.75) is 20.5 Å². The third kappa shape index (κ3) is 3.34. The molecule has 2 aromatic carbocycles. The van der Waals surface area contributed by atoms with Crippen molar-refractivity contribution in [3.05, 3.63) is 69.6 Å². The molecule has 0 fully saturated rings. The maximum atomic E-state index is 12.2. The summed E-state index contributed by atoms with van der Waals surface area (Å²) in [4.78, 5) is 12.2. The van der Waals surface area contributed by atoms with Gasteiger partial charge in [-0.15, -0.1) is 0 Å². The Morgan fingerprint density at radius 1 is 1.03 bits per heavy atom. The predicted molar refractivity (Wildman–Crippen MR) is 111 cm³/mol.